The van der Waals surface area contributed by atoms with Gasteiger partial charge in [0.2, 0.25) is 5.91 Å². The second-order valence-electron chi connectivity index (χ2n) is 6.29. The molecule has 0 saturated carbocycles. The molecule has 0 aliphatic carbocycles. The van der Waals surface area contributed by atoms with Crippen molar-refractivity contribution in [2.24, 2.45) is 11.1 Å². The van der Waals surface area contributed by atoms with Gasteiger partial charge in [0.15, 0.2) is 0 Å². The van der Waals surface area contributed by atoms with Crippen molar-refractivity contribution in [3.05, 3.63) is 0 Å². The number of hydrogen-bond donors (Lipinski definition) is 1. The molecule has 1 unspecified atom stereocenters. The number of likely N-dealkylation sites (tertiary alicyclic amines) is 1. The lowest BCUT2D eigenvalue weighted by Crippen LogP contribution is -2.53. The Morgan fingerprint density at radius 1 is 1.35 bits per heavy atom. The molecule has 2 N–H and O–H groups in total. The summed E-state index contributed by atoms with van der Waals surface area (Å²) in [5, 5.41) is 0. The summed E-state index contributed by atoms with van der Waals surface area (Å²) in [5.41, 5.74) is 5.95. The first-order chi connectivity index (χ1) is 7.88. The van der Waals surface area contributed by atoms with E-state index in [1.165, 1.54) is 12.8 Å². The molecule has 0 aromatic rings. The average molecular weight is 240 g/mol. The number of amides is 1. The number of rotatable bonds is 2. The zero-order chi connectivity index (χ0) is 13.1. The quantitative estimate of drug-likeness (QED) is 0.806. The first-order valence-corrected chi connectivity index (χ1v) is 6.94. The molecule has 17 heavy (non-hydrogen) atoms. The minimum Gasteiger partial charge on any atom is -0.338 e. The summed E-state index contributed by atoms with van der Waals surface area (Å²) in [7, 11) is 0. The highest BCUT2D eigenvalue weighted by molar-refractivity contribution is 5.82. The molecule has 3 heteroatoms. The van der Waals surface area contributed by atoms with Crippen molar-refractivity contribution < 1.29 is 4.79 Å². The lowest BCUT2D eigenvalue weighted by atomic mass is 9.86. The predicted molar refractivity (Wildman–Crippen MR) is 71.7 cm³/mol. The summed E-state index contributed by atoms with van der Waals surface area (Å²) in [5.74, 6) is 0.145. The summed E-state index contributed by atoms with van der Waals surface area (Å²) < 4.78 is 0. The SMILES string of the molecule is CCC1CCCCCN1C(=O)[C@H](N)C(C)(C)C. The minimum atomic E-state index is -0.380. The van der Waals surface area contributed by atoms with Gasteiger partial charge in [0.05, 0.1) is 6.04 Å². The van der Waals surface area contributed by atoms with E-state index in [-0.39, 0.29) is 17.4 Å². The van der Waals surface area contributed by atoms with Crippen LogP contribution >= 0.6 is 0 Å². The standard InChI is InChI=1S/C14H28N2O/c1-5-11-9-7-6-8-10-16(11)13(17)12(15)14(2,3)4/h11-12H,5-10,15H2,1-4H3/t11?,12-/m0/s1. The second kappa shape index (κ2) is 5.85. The minimum absolute atomic E-state index is 0.145. The maximum atomic E-state index is 12.5. The van der Waals surface area contributed by atoms with Gasteiger partial charge in [-0.3, -0.25) is 4.79 Å². The maximum Gasteiger partial charge on any atom is 0.240 e. The van der Waals surface area contributed by atoms with E-state index in [1.54, 1.807) is 0 Å². The van der Waals surface area contributed by atoms with E-state index in [0.717, 1.165) is 25.8 Å². The Kier molecular flexibility index (Phi) is 4.99. The number of nitrogens with zero attached hydrogens (tertiary/aromatic N) is 1. The van der Waals surface area contributed by atoms with Gasteiger partial charge in [-0.2, -0.15) is 0 Å². The van der Waals surface area contributed by atoms with Crippen LogP contribution in [0.2, 0.25) is 0 Å². The fourth-order valence-electron chi connectivity index (χ4n) is 2.44. The molecule has 0 radical (unpaired) electrons. The number of nitrogens with two attached hydrogens (primary N) is 1. The topological polar surface area (TPSA) is 46.3 Å². The maximum absolute atomic E-state index is 12.5. The zero-order valence-corrected chi connectivity index (χ0v) is 11.8. The Hall–Kier alpha value is -0.570. The number of hydrogen-bond acceptors (Lipinski definition) is 2. The molecule has 3 nitrogen and oxygen atoms in total. The van der Waals surface area contributed by atoms with E-state index >= 15 is 0 Å². The smallest absolute Gasteiger partial charge is 0.240 e. The van der Waals surface area contributed by atoms with Crippen LogP contribution in [-0.2, 0) is 4.79 Å². The van der Waals surface area contributed by atoms with Crippen LogP contribution in [0.3, 0.4) is 0 Å². The van der Waals surface area contributed by atoms with Crippen LogP contribution in [0.15, 0.2) is 0 Å². The third kappa shape index (κ3) is 3.70. The third-order valence-electron chi connectivity index (χ3n) is 3.83. The van der Waals surface area contributed by atoms with Crippen LogP contribution in [0.4, 0.5) is 0 Å². The van der Waals surface area contributed by atoms with Crippen LogP contribution in [0.1, 0.15) is 59.8 Å². The molecular formula is C14H28N2O. The van der Waals surface area contributed by atoms with Crippen molar-refractivity contribution in [3.63, 3.8) is 0 Å². The molecule has 1 aliphatic heterocycles. The summed E-state index contributed by atoms with van der Waals surface area (Å²) >= 11 is 0. The Morgan fingerprint density at radius 2 is 2.00 bits per heavy atom. The molecule has 1 heterocycles. The highest BCUT2D eigenvalue weighted by atomic mass is 16.2. The predicted octanol–water partition coefficient (Wildman–Crippen LogP) is 2.54. The Bertz CT molecular complexity index is 257. The molecule has 1 fully saturated rings. The Labute approximate surface area is 106 Å². The van der Waals surface area contributed by atoms with Gasteiger partial charge in [-0.1, -0.05) is 40.5 Å². The Morgan fingerprint density at radius 3 is 2.53 bits per heavy atom. The first-order valence-electron chi connectivity index (χ1n) is 6.94. The van der Waals surface area contributed by atoms with Gasteiger partial charge in [-0.25, -0.2) is 0 Å². The summed E-state index contributed by atoms with van der Waals surface area (Å²) in [6, 6.07) is 0.0213. The zero-order valence-electron chi connectivity index (χ0n) is 11.8. The summed E-state index contributed by atoms with van der Waals surface area (Å²) in [6.07, 6.45) is 5.79. The molecule has 0 aromatic carbocycles. The van der Waals surface area contributed by atoms with E-state index in [9.17, 15) is 4.79 Å². The van der Waals surface area contributed by atoms with E-state index in [2.05, 4.69) is 6.92 Å². The molecular weight excluding hydrogens is 212 g/mol. The van der Waals surface area contributed by atoms with Crippen molar-refractivity contribution >= 4 is 5.91 Å². The Balaban J connectivity index is 2.77. The van der Waals surface area contributed by atoms with Crippen molar-refractivity contribution in [3.8, 4) is 0 Å². The van der Waals surface area contributed by atoms with Gasteiger partial charge >= 0.3 is 0 Å². The van der Waals surface area contributed by atoms with Crippen molar-refractivity contribution in [1.82, 2.24) is 4.90 Å². The molecule has 2 atom stereocenters. The lowest BCUT2D eigenvalue weighted by Gasteiger charge is -2.35. The molecule has 0 aromatic heterocycles. The fraction of sp³-hybridized carbons (Fsp3) is 0.929. The third-order valence-corrected chi connectivity index (χ3v) is 3.83. The number of carbonyl (C=O) groups excluding carboxylic acids is 1. The molecule has 100 valence electrons. The monoisotopic (exact) mass is 240 g/mol. The van der Waals surface area contributed by atoms with Crippen molar-refractivity contribution in [1.29, 1.82) is 0 Å². The largest absolute Gasteiger partial charge is 0.338 e. The van der Waals surface area contributed by atoms with E-state index in [1.807, 2.05) is 25.7 Å². The highest BCUT2D eigenvalue weighted by Gasteiger charge is 2.33. The van der Waals surface area contributed by atoms with Crippen LogP contribution in [0.25, 0.3) is 0 Å². The van der Waals surface area contributed by atoms with Crippen LogP contribution in [0.5, 0.6) is 0 Å². The molecule has 1 rings (SSSR count). The van der Waals surface area contributed by atoms with E-state index in [4.69, 9.17) is 5.73 Å². The van der Waals surface area contributed by atoms with E-state index < -0.39 is 0 Å². The van der Waals surface area contributed by atoms with E-state index in [0.29, 0.717) is 6.04 Å². The molecule has 0 bridgehead atoms. The average Bonchev–Trinajstić information content (AvgIpc) is 2.50. The van der Waals surface area contributed by atoms with Gasteiger partial charge in [0.1, 0.15) is 0 Å². The fourth-order valence-corrected chi connectivity index (χ4v) is 2.44. The van der Waals surface area contributed by atoms with Gasteiger partial charge in [0.25, 0.3) is 0 Å². The molecule has 1 aliphatic rings. The molecule has 1 amide bonds. The van der Waals surface area contributed by atoms with Crippen molar-refractivity contribution in [2.45, 2.75) is 71.9 Å². The van der Waals surface area contributed by atoms with Crippen molar-refractivity contribution in [2.75, 3.05) is 6.54 Å². The van der Waals surface area contributed by atoms with Gasteiger partial charge < -0.3 is 10.6 Å². The molecule has 0 spiro atoms. The first kappa shape index (κ1) is 14.5. The van der Waals surface area contributed by atoms with Crippen LogP contribution in [0, 0.1) is 5.41 Å². The van der Waals surface area contributed by atoms with Gasteiger partial charge in [0, 0.05) is 12.6 Å². The highest BCUT2D eigenvalue weighted by Crippen LogP contribution is 2.24. The second-order valence-corrected chi connectivity index (χ2v) is 6.29. The van der Waals surface area contributed by atoms with Gasteiger partial charge in [-0.15, -0.1) is 0 Å². The molecule has 1 saturated heterocycles. The lowest BCUT2D eigenvalue weighted by molar-refractivity contribution is -0.137. The number of carbonyl (C=O) groups is 1. The summed E-state index contributed by atoms with van der Waals surface area (Å²) in [6.45, 7) is 9.16. The van der Waals surface area contributed by atoms with Crippen LogP contribution < -0.4 is 5.73 Å². The van der Waals surface area contributed by atoms with Gasteiger partial charge in [-0.05, 0) is 24.7 Å². The summed E-state index contributed by atoms with van der Waals surface area (Å²) in [4.78, 5) is 14.5. The normalized spacial score (nSPS) is 24.3. The van der Waals surface area contributed by atoms with Crippen LogP contribution in [-0.4, -0.2) is 29.4 Å².